The summed E-state index contributed by atoms with van der Waals surface area (Å²) in [6.07, 6.45) is 0.697. The molecule has 0 aromatic heterocycles. The van der Waals surface area contributed by atoms with Gasteiger partial charge in [-0.3, -0.25) is 9.59 Å². The molecule has 2 heterocycles. The molecule has 0 atom stereocenters. The van der Waals surface area contributed by atoms with Gasteiger partial charge in [0.25, 0.3) is 11.8 Å². The van der Waals surface area contributed by atoms with Gasteiger partial charge >= 0.3 is 6.18 Å². The Kier molecular flexibility index (Phi) is 6.39. The summed E-state index contributed by atoms with van der Waals surface area (Å²) in [6, 6.07) is 9.48. The molecule has 2 amide bonds. The minimum Gasteiger partial charge on any atom is -0.371 e. The van der Waals surface area contributed by atoms with Crippen LogP contribution in [-0.2, 0) is 6.18 Å². The number of carbonyl (C=O) groups excluding carboxylic acids is 2. The first-order valence-corrected chi connectivity index (χ1v) is 11.0. The van der Waals surface area contributed by atoms with Crippen molar-refractivity contribution in [3.05, 3.63) is 59.2 Å². The molecule has 0 radical (unpaired) electrons. The van der Waals surface area contributed by atoms with E-state index in [-0.39, 0.29) is 11.5 Å². The molecule has 8 heteroatoms. The molecule has 2 fully saturated rings. The highest BCUT2D eigenvalue weighted by atomic mass is 19.4. The smallest absolute Gasteiger partial charge is 0.371 e. The average molecular weight is 445 g/mol. The van der Waals surface area contributed by atoms with Gasteiger partial charge in [0.05, 0.1) is 11.1 Å². The Morgan fingerprint density at radius 2 is 1.53 bits per heavy atom. The van der Waals surface area contributed by atoms with Crippen LogP contribution in [-0.4, -0.2) is 42.9 Å². The highest BCUT2D eigenvalue weighted by molar-refractivity contribution is 6.06. The largest absolute Gasteiger partial charge is 0.416 e. The monoisotopic (exact) mass is 445 g/mol. The predicted octanol–water partition coefficient (Wildman–Crippen LogP) is 5.18. The first-order valence-electron chi connectivity index (χ1n) is 11.0. The van der Waals surface area contributed by atoms with Gasteiger partial charge in [-0.1, -0.05) is 6.07 Å². The Balaban J connectivity index is 1.61. The van der Waals surface area contributed by atoms with E-state index in [4.69, 9.17) is 0 Å². The van der Waals surface area contributed by atoms with Gasteiger partial charge in [-0.25, -0.2) is 0 Å². The molecule has 2 aromatic rings. The number of likely N-dealkylation sites (tertiary alicyclic amines) is 1. The van der Waals surface area contributed by atoms with E-state index in [1.54, 1.807) is 12.1 Å². The number of hydrogen-bond acceptors (Lipinski definition) is 3. The van der Waals surface area contributed by atoms with Gasteiger partial charge in [0.15, 0.2) is 0 Å². The lowest BCUT2D eigenvalue weighted by atomic mass is 10.0. The summed E-state index contributed by atoms with van der Waals surface area (Å²) in [4.78, 5) is 29.9. The Hall–Kier alpha value is -3.03. The zero-order chi connectivity index (χ0) is 22.7. The number of rotatable bonds is 4. The lowest BCUT2D eigenvalue weighted by Gasteiger charge is -2.31. The van der Waals surface area contributed by atoms with Crippen LogP contribution in [0.25, 0.3) is 0 Å². The quantitative estimate of drug-likeness (QED) is 0.705. The van der Waals surface area contributed by atoms with E-state index in [2.05, 4.69) is 10.2 Å². The lowest BCUT2D eigenvalue weighted by Crippen LogP contribution is -2.34. The highest BCUT2D eigenvalue weighted by Crippen LogP contribution is 2.31. The van der Waals surface area contributed by atoms with Crippen molar-refractivity contribution in [2.75, 3.05) is 36.4 Å². The molecule has 0 saturated carbocycles. The van der Waals surface area contributed by atoms with Crippen molar-refractivity contribution in [3.8, 4) is 0 Å². The molecule has 2 aromatic carbocycles. The van der Waals surface area contributed by atoms with Crippen LogP contribution < -0.4 is 10.2 Å². The Labute approximate surface area is 185 Å². The summed E-state index contributed by atoms with van der Waals surface area (Å²) in [5.41, 5.74) is 0.785. The fourth-order valence-electron chi connectivity index (χ4n) is 4.33. The molecule has 2 aliphatic rings. The number of piperidine rings is 1. The lowest BCUT2D eigenvalue weighted by molar-refractivity contribution is -0.137. The van der Waals surface area contributed by atoms with E-state index in [1.807, 2.05) is 11.0 Å². The normalized spacial score (nSPS) is 16.8. The first kappa shape index (κ1) is 22.2. The molecule has 5 nitrogen and oxygen atoms in total. The van der Waals surface area contributed by atoms with Crippen LogP contribution >= 0.6 is 0 Å². The second kappa shape index (κ2) is 9.22. The van der Waals surface area contributed by atoms with Crippen molar-refractivity contribution in [2.45, 2.75) is 38.3 Å². The third-order valence-corrected chi connectivity index (χ3v) is 6.03. The number of benzene rings is 2. The second-order valence-electron chi connectivity index (χ2n) is 8.31. The molecule has 4 rings (SSSR count). The number of alkyl halides is 3. The minimum absolute atomic E-state index is 0.0711. The maximum absolute atomic E-state index is 13.2. The molecule has 0 spiro atoms. The van der Waals surface area contributed by atoms with Crippen molar-refractivity contribution >= 4 is 23.2 Å². The van der Waals surface area contributed by atoms with Crippen molar-refractivity contribution in [1.82, 2.24) is 4.90 Å². The highest BCUT2D eigenvalue weighted by Gasteiger charge is 2.31. The Bertz CT molecular complexity index is 994. The van der Waals surface area contributed by atoms with Gasteiger partial charge in [0, 0.05) is 43.1 Å². The van der Waals surface area contributed by atoms with Gasteiger partial charge in [0.1, 0.15) is 0 Å². The standard InChI is InChI=1S/C24H26F3N3O2/c25-24(26,27)18-8-6-7-17(15-18)22(31)28-19-9-10-21(29-11-2-1-3-12-29)20(16-19)23(32)30-13-4-5-14-30/h6-10,15-16H,1-5,11-14H2,(H,28,31). The number of amides is 2. The molecular formula is C24H26F3N3O2. The van der Waals surface area contributed by atoms with Crippen LogP contribution in [0.4, 0.5) is 24.5 Å². The molecule has 2 saturated heterocycles. The molecule has 1 N–H and O–H groups in total. The topological polar surface area (TPSA) is 52.7 Å². The number of nitrogens with zero attached hydrogens (tertiary/aromatic N) is 2. The van der Waals surface area contributed by atoms with E-state index in [0.29, 0.717) is 24.3 Å². The van der Waals surface area contributed by atoms with E-state index >= 15 is 0 Å². The van der Waals surface area contributed by atoms with Gasteiger partial charge in [-0.15, -0.1) is 0 Å². The average Bonchev–Trinajstić information content (AvgIpc) is 3.34. The fourth-order valence-corrected chi connectivity index (χ4v) is 4.33. The Morgan fingerprint density at radius 3 is 2.22 bits per heavy atom. The summed E-state index contributed by atoms with van der Waals surface area (Å²) < 4.78 is 39.0. The molecule has 32 heavy (non-hydrogen) atoms. The van der Waals surface area contributed by atoms with Crippen LogP contribution in [0.5, 0.6) is 0 Å². The summed E-state index contributed by atoms with van der Waals surface area (Å²) in [5, 5.41) is 2.66. The van der Waals surface area contributed by atoms with Crippen molar-refractivity contribution in [1.29, 1.82) is 0 Å². The molecule has 0 aliphatic carbocycles. The summed E-state index contributed by atoms with van der Waals surface area (Å²) in [5.74, 6) is -0.723. The van der Waals surface area contributed by atoms with Crippen LogP contribution in [0.15, 0.2) is 42.5 Å². The molecule has 0 unspecified atom stereocenters. The van der Waals surface area contributed by atoms with Crippen molar-refractivity contribution in [2.24, 2.45) is 0 Å². The fraction of sp³-hybridized carbons (Fsp3) is 0.417. The molecule has 0 bridgehead atoms. The first-order chi connectivity index (χ1) is 15.3. The van der Waals surface area contributed by atoms with Crippen molar-refractivity contribution < 1.29 is 22.8 Å². The molecule has 170 valence electrons. The Morgan fingerprint density at radius 1 is 0.844 bits per heavy atom. The molecular weight excluding hydrogens is 419 g/mol. The SMILES string of the molecule is O=C(Nc1ccc(N2CCCCC2)c(C(=O)N2CCCC2)c1)c1cccc(C(F)(F)F)c1. The van der Waals surface area contributed by atoms with E-state index in [1.165, 1.54) is 12.1 Å². The zero-order valence-corrected chi connectivity index (χ0v) is 17.8. The summed E-state index contributed by atoms with van der Waals surface area (Å²) >= 11 is 0. The van der Waals surface area contributed by atoms with E-state index < -0.39 is 17.6 Å². The number of nitrogens with one attached hydrogen (secondary N) is 1. The third-order valence-electron chi connectivity index (χ3n) is 6.03. The number of halogens is 3. The number of carbonyl (C=O) groups is 2. The van der Waals surface area contributed by atoms with Gasteiger partial charge in [0.2, 0.25) is 0 Å². The zero-order valence-electron chi connectivity index (χ0n) is 17.8. The van der Waals surface area contributed by atoms with Gasteiger partial charge in [-0.2, -0.15) is 13.2 Å². The van der Waals surface area contributed by atoms with Crippen molar-refractivity contribution in [3.63, 3.8) is 0 Å². The maximum atomic E-state index is 13.2. The third kappa shape index (κ3) is 4.89. The summed E-state index contributed by atoms with van der Waals surface area (Å²) in [7, 11) is 0. The van der Waals surface area contributed by atoms with Crippen LogP contribution in [0.1, 0.15) is 58.4 Å². The van der Waals surface area contributed by atoms with Crippen LogP contribution in [0.2, 0.25) is 0 Å². The van der Waals surface area contributed by atoms with E-state index in [9.17, 15) is 22.8 Å². The van der Waals surface area contributed by atoms with Gasteiger partial charge in [-0.05, 0) is 68.5 Å². The van der Waals surface area contributed by atoms with E-state index in [0.717, 1.165) is 63.0 Å². The number of anilines is 2. The van der Waals surface area contributed by atoms with Crippen LogP contribution in [0, 0.1) is 0 Å². The van der Waals surface area contributed by atoms with Crippen LogP contribution in [0.3, 0.4) is 0 Å². The summed E-state index contributed by atoms with van der Waals surface area (Å²) in [6.45, 7) is 3.16. The second-order valence-corrected chi connectivity index (χ2v) is 8.31. The minimum atomic E-state index is -4.53. The predicted molar refractivity (Wildman–Crippen MR) is 117 cm³/mol. The maximum Gasteiger partial charge on any atom is 0.416 e. The number of hydrogen-bond donors (Lipinski definition) is 1. The molecule has 2 aliphatic heterocycles. The van der Waals surface area contributed by atoms with Gasteiger partial charge < -0.3 is 15.1 Å².